The smallest absolute Gasteiger partial charge is 0.0264 e. The topological polar surface area (TPSA) is 0 Å². The van der Waals surface area contributed by atoms with Crippen LogP contribution in [0, 0.1) is 46.3 Å². The Morgan fingerprint density at radius 1 is 0.889 bits per heavy atom. The Morgan fingerprint density at radius 3 is 2.44 bits per heavy atom. The predicted molar refractivity (Wildman–Crippen MR) is 118 cm³/mol. The van der Waals surface area contributed by atoms with Crippen LogP contribution in [-0.4, -0.2) is 0 Å². The summed E-state index contributed by atoms with van der Waals surface area (Å²) < 4.78 is 0. The van der Waals surface area contributed by atoms with Gasteiger partial charge in [0.2, 0.25) is 0 Å². The molecular formula is C27H46. The van der Waals surface area contributed by atoms with Crippen molar-refractivity contribution in [3.05, 3.63) is 11.6 Å². The molecule has 0 saturated heterocycles. The molecule has 0 spiro atoms. The summed E-state index contributed by atoms with van der Waals surface area (Å²) in [5, 5.41) is 0. The highest BCUT2D eigenvalue weighted by atomic mass is 14.6. The van der Waals surface area contributed by atoms with E-state index < -0.39 is 0 Å². The van der Waals surface area contributed by atoms with Crippen LogP contribution < -0.4 is 0 Å². The second-order valence-electron chi connectivity index (χ2n) is 12.0. The molecule has 0 heteroatoms. The SMILES string of the molecule is CC(C)=CCC[C@@H](C)[C@H]1CC[C@H]2[C@@H]3CCC4CCCC[C@]4(C)[C@H]3CC[C@]12C. The van der Waals surface area contributed by atoms with Gasteiger partial charge in [0.05, 0.1) is 0 Å². The van der Waals surface area contributed by atoms with E-state index in [2.05, 4.69) is 40.7 Å². The summed E-state index contributed by atoms with van der Waals surface area (Å²) in [5.41, 5.74) is 2.86. The van der Waals surface area contributed by atoms with Crippen LogP contribution in [0.3, 0.4) is 0 Å². The van der Waals surface area contributed by atoms with Gasteiger partial charge in [-0.3, -0.25) is 0 Å². The van der Waals surface area contributed by atoms with E-state index >= 15 is 0 Å². The van der Waals surface area contributed by atoms with Crippen molar-refractivity contribution in [2.75, 3.05) is 0 Å². The second kappa shape index (κ2) is 7.53. The van der Waals surface area contributed by atoms with Gasteiger partial charge in [0.25, 0.3) is 0 Å². The van der Waals surface area contributed by atoms with Gasteiger partial charge in [-0.25, -0.2) is 0 Å². The molecule has 0 heterocycles. The molecule has 0 bridgehead atoms. The maximum Gasteiger partial charge on any atom is -0.0264 e. The molecule has 4 rings (SSSR count). The van der Waals surface area contributed by atoms with Crippen LogP contribution in [-0.2, 0) is 0 Å². The molecule has 4 aliphatic rings. The van der Waals surface area contributed by atoms with Gasteiger partial charge in [-0.2, -0.15) is 0 Å². The van der Waals surface area contributed by atoms with E-state index in [0.717, 1.165) is 35.5 Å². The lowest BCUT2D eigenvalue weighted by Gasteiger charge is -2.61. The minimum atomic E-state index is 0.656. The molecule has 0 aromatic heterocycles. The summed E-state index contributed by atoms with van der Waals surface area (Å²) >= 11 is 0. The lowest BCUT2D eigenvalue weighted by Crippen LogP contribution is -2.53. The molecule has 0 radical (unpaired) electrons. The second-order valence-corrected chi connectivity index (χ2v) is 12.0. The monoisotopic (exact) mass is 370 g/mol. The quantitative estimate of drug-likeness (QED) is 0.436. The first-order valence-electron chi connectivity index (χ1n) is 12.5. The lowest BCUT2D eigenvalue weighted by molar-refractivity contribution is -0.114. The van der Waals surface area contributed by atoms with Crippen LogP contribution in [0.2, 0.25) is 0 Å². The van der Waals surface area contributed by atoms with Gasteiger partial charge < -0.3 is 0 Å². The van der Waals surface area contributed by atoms with Gasteiger partial charge in [-0.15, -0.1) is 0 Å². The van der Waals surface area contributed by atoms with E-state index in [1.54, 1.807) is 44.9 Å². The fourth-order valence-corrected chi connectivity index (χ4v) is 9.11. The van der Waals surface area contributed by atoms with Crippen LogP contribution >= 0.6 is 0 Å². The lowest BCUT2D eigenvalue weighted by atomic mass is 9.44. The number of hydrogen-bond acceptors (Lipinski definition) is 0. The molecule has 0 N–H and O–H groups in total. The molecule has 0 aliphatic heterocycles. The maximum atomic E-state index is 2.73. The van der Waals surface area contributed by atoms with E-state index in [1.165, 1.54) is 37.7 Å². The van der Waals surface area contributed by atoms with Crippen molar-refractivity contribution in [3.8, 4) is 0 Å². The molecule has 4 aliphatic carbocycles. The molecule has 0 nitrogen and oxygen atoms in total. The van der Waals surface area contributed by atoms with E-state index in [-0.39, 0.29) is 0 Å². The first-order chi connectivity index (χ1) is 12.9. The molecule has 0 aromatic rings. The average molecular weight is 371 g/mol. The van der Waals surface area contributed by atoms with Crippen LogP contribution in [0.5, 0.6) is 0 Å². The first kappa shape index (κ1) is 20.0. The summed E-state index contributed by atoms with van der Waals surface area (Å²) in [7, 11) is 0. The zero-order chi connectivity index (χ0) is 19.2. The summed E-state index contributed by atoms with van der Waals surface area (Å²) in [5.74, 6) is 6.15. The van der Waals surface area contributed by atoms with E-state index in [4.69, 9.17) is 0 Å². The number of rotatable bonds is 4. The molecule has 8 atom stereocenters. The van der Waals surface area contributed by atoms with Gasteiger partial charge in [-0.1, -0.05) is 45.3 Å². The van der Waals surface area contributed by atoms with E-state index in [9.17, 15) is 0 Å². The van der Waals surface area contributed by atoms with Crippen LogP contribution in [0.25, 0.3) is 0 Å². The normalized spacial score (nSPS) is 47.5. The molecule has 154 valence electrons. The van der Waals surface area contributed by atoms with Gasteiger partial charge in [0, 0.05) is 0 Å². The summed E-state index contributed by atoms with van der Waals surface area (Å²) in [6.07, 6.45) is 20.6. The number of allylic oxidation sites excluding steroid dienone is 2. The van der Waals surface area contributed by atoms with Crippen molar-refractivity contribution in [3.63, 3.8) is 0 Å². The summed E-state index contributed by atoms with van der Waals surface area (Å²) in [6.45, 7) is 12.5. The molecule has 1 unspecified atom stereocenters. The highest BCUT2D eigenvalue weighted by Crippen LogP contribution is 2.68. The van der Waals surface area contributed by atoms with Crippen molar-refractivity contribution >= 4 is 0 Å². The Labute approximate surface area is 170 Å². The van der Waals surface area contributed by atoms with Crippen molar-refractivity contribution in [1.29, 1.82) is 0 Å². The van der Waals surface area contributed by atoms with Gasteiger partial charge in [0.1, 0.15) is 0 Å². The highest BCUT2D eigenvalue weighted by Gasteiger charge is 2.59. The average Bonchev–Trinajstić information content (AvgIpc) is 2.98. The third-order valence-electron chi connectivity index (χ3n) is 10.5. The fourth-order valence-electron chi connectivity index (χ4n) is 9.11. The minimum absolute atomic E-state index is 0.656. The molecule has 27 heavy (non-hydrogen) atoms. The Kier molecular flexibility index (Phi) is 5.59. The third kappa shape index (κ3) is 3.36. The summed E-state index contributed by atoms with van der Waals surface area (Å²) in [4.78, 5) is 0. The molecular weight excluding hydrogens is 324 g/mol. The number of hydrogen-bond donors (Lipinski definition) is 0. The minimum Gasteiger partial charge on any atom is -0.0859 e. The van der Waals surface area contributed by atoms with Gasteiger partial charge >= 0.3 is 0 Å². The first-order valence-corrected chi connectivity index (χ1v) is 12.5. The maximum absolute atomic E-state index is 2.73. The Bertz CT molecular complexity index is 554. The van der Waals surface area contributed by atoms with Gasteiger partial charge in [0.15, 0.2) is 0 Å². The zero-order valence-corrected chi connectivity index (χ0v) is 19.0. The van der Waals surface area contributed by atoms with Crippen molar-refractivity contribution in [1.82, 2.24) is 0 Å². The largest absolute Gasteiger partial charge is 0.0859 e. The predicted octanol–water partition coefficient (Wildman–Crippen LogP) is 8.42. The highest BCUT2D eigenvalue weighted by molar-refractivity contribution is 5.09. The number of fused-ring (bicyclic) bond motifs is 5. The van der Waals surface area contributed by atoms with Crippen LogP contribution in [0.1, 0.15) is 112 Å². The Morgan fingerprint density at radius 2 is 1.67 bits per heavy atom. The molecule has 4 saturated carbocycles. The zero-order valence-electron chi connectivity index (χ0n) is 19.0. The van der Waals surface area contributed by atoms with Crippen LogP contribution in [0.4, 0.5) is 0 Å². The molecule has 0 aromatic carbocycles. The van der Waals surface area contributed by atoms with Crippen molar-refractivity contribution < 1.29 is 0 Å². The third-order valence-corrected chi connectivity index (χ3v) is 10.5. The van der Waals surface area contributed by atoms with E-state index in [0.29, 0.717) is 10.8 Å². The van der Waals surface area contributed by atoms with Crippen molar-refractivity contribution in [2.45, 2.75) is 112 Å². The van der Waals surface area contributed by atoms with Gasteiger partial charge in [-0.05, 0) is 124 Å². The molecule has 0 amide bonds. The molecule has 4 fully saturated rings. The summed E-state index contributed by atoms with van der Waals surface area (Å²) in [6, 6.07) is 0. The van der Waals surface area contributed by atoms with Crippen molar-refractivity contribution in [2.24, 2.45) is 46.3 Å². The standard InChI is InChI=1S/C27H46/c1-19(2)9-8-10-20(3)23-14-15-24-22-13-12-21-11-6-7-17-26(21,4)25(22)16-18-27(23,24)5/h9,20-25H,6-8,10-18H2,1-5H3/t20-,21?,22+,23-,24+,25+,26+,27-/m1/s1. The fraction of sp³-hybridized carbons (Fsp3) is 0.926. The van der Waals surface area contributed by atoms with Crippen LogP contribution in [0.15, 0.2) is 11.6 Å². The Balaban J connectivity index is 1.49. The van der Waals surface area contributed by atoms with E-state index in [1.807, 2.05) is 0 Å². The Hall–Kier alpha value is -0.260.